The number of ether oxygens (including phenoxy) is 2. The first-order chi connectivity index (χ1) is 12.1. The monoisotopic (exact) mass is 362 g/mol. The van der Waals surface area contributed by atoms with Crippen LogP contribution in [-0.2, 0) is 14.3 Å². The minimum Gasteiger partial charge on any atom is -0.481 e. The van der Waals surface area contributed by atoms with E-state index in [1.807, 2.05) is 6.07 Å². The Hall–Kier alpha value is -2.34. The van der Waals surface area contributed by atoms with E-state index in [9.17, 15) is 9.59 Å². The number of nitrogens with zero attached hydrogens (tertiary/aromatic N) is 2. The highest BCUT2D eigenvalue weighted by atomic mass is 35.5. The van der Waals surface area contributed by atoms with Crippen molar-refractivity contribution < 1.29 is 19.1 Å². The summed E-state index contributed by atoms with van der Waals surface area (Å²) in [6, 6.07) is 7.10. The number of esters is 1. The van der Waals surface area contributed by atoms with E-state index in [1.165, 1.54) is 7.11 Å². The van der Waals surface area contributed by atoms with Gasteiger partial charge in [0.1, 0.15) is 11.3 Å². The first-order valence-corrected chi connectivity index (χ1v) is 8.49. The van der Waals surface area contributed by atoms with E-state index in [0.717, 1.165) is 5.39 Å². The molecular formula is C18H19ClN2O4. The molecule has 3 rings (SSSR count). The number of amides is 1. The van der Waals surface area contributed by atoms with E-state index in [2.05, 4.69) is 4.98 Å². The smallest absolute Gasteiger partial charge is 0.308 e. The van der Waals surface area contributed by atoms with Gasteiger partial charge in [-0.25, -0.2) is 0 Å². The summed E-state index contributed by atoms with van der Waals surface area (Å²) in [7, 11) is 1.39. The SMILES string of the molecule is COC(=O)C1CCN(C(=O)COc2ccc(Cl)c3cccnc23)CC1. The molecule has 6 nitrogen and oxygen atoms in total. The standard InChI is InChI=1S/C18H19ClN2O4/c1-24-18(23)12-6-9-21(10-7-12)16(22)11-25-15-5-4-14(19)13-3-2-8-20-17(13)15/h2-5,8,12H,6-7,9-11H2,1H3. The predicted molar refractivity (Wildman–Crippen MR) is 93.6 cm³/mol. The highest BCUT2D eigenvalue weighted by molar-refractivity contribution is 6.35. The maximum Gasteiger partial charge on any atom is 0.308 e. The van der Waals surface area contributed by atoms with Crippen molar-refractivity contribution in [3.63, 3.8) is 0 Å². The molecule has 0 bridgehead atoms. The number of hydrogen-bond acceptors (Lipinski definition) is 5. The van der Waals surface area contributed by atoms with Crippen molar-refractivity contribution in [3.8, 4) is 5.75 Å². The minimum absolute atomic E-state index is 0.0732. The molecule has 1 aromatic heterocycles. The van der Waals surface area contributed by atoms with Crippen molar-refractivity contribution in [1.82, 2.24) is 9.88 Å². The molecule has 7 heteroatoms. The summed E-state index contributed by atoms with van der Waals surface area (Å²) in [5.74, 6) is 0.0848. The molecule has 1 aliphatic heterocycles. The van der Waals surface area contributed by atoms with Crippen LogP contribution in [0.4, 0.5) is 0 Å². The van der Waals surface area contributed by atoms with Gasteiger partial charge in [0.2, 0.25) is 0 Å². The minimum atomic E-state index is -0.206. The summed E-state index contributed by atoms with van der Waals surface area (Å²) < 4.78 is 10.4. The van der Waals surface area contributed by atoms with Gasteiger partial charge in [-0.2, -0.15) is 0 Å². The van der Waals surface area contributed by atoms with Crippen LogP contribution in [0.25, 0.3) is 10.9 Å². The summed E-state index contributed by atoms with van der Waals surface area (Å²) in [5.41, 5.74) is 0.632. The molecule has 0 aliphatic carbocycles. The van der Waals surface area contributed by atoms with Gasteiger partial charge < -0.3 is 14.4 Å². The van der Waals surface area contributed by atoms with Crippen LogP contribution in [0.1, 0.15) is 12.8 Å². The number of carbonyl (C=O) groups is 2. The molecule has 0 unspecified atom stereocenters. The largest absolute Gasteiger partial charge is 0.481 e. The fourth-order valence-corrected chi connectivity index (χ4v) is 3.21. The summed E-state index contributed by atoms with van der Waals surface area (Å²) in [5, 5.41) is 1.37. The van der Waals surface area contributed by atoms with E-state index in [0.29, 0.717) is 42.2 Å². The molecular weight excluding hydrogens is 344 g/mol. The second-order valence-corrected chi connectivity index (χ2v) is 6.32. The molecule has 0 saturated carbocycles. The van der Waals surface area contributed by atoms with Gasteiger partial charge in [0.05, 0.1) is 18.1 Å². The number of rotatable bonds is 4. The number of benzene rings is 1. The van der Waals surface area contributed by atoms with Gasteiger partial charge in [0.25, 0.3) is 5.91 Å². The van der Waals surface area contributed by atoms with Crippen molar-refractivity contribution in [3.05, 3.63) is 35.5 Å². The molecule has 0 N–H and O–H groups in total. The van der Waals surface area contributed by atoms with E-state index < -0.39 is 0 Å². The Morgan fingerprint density at radius 3 is 2.76 bits per heavy atom. The van der Waals surface area contributed by atoms with Crippen LogP contribution >= 0.6 is 11.6 Å². The van der Waals surface area contributed by atoms with E-state index in [4.69, 9.17) is 21.1 Å². The Kier molecular flexibility index (Phi) is 5.38. The van der Waals surface area contributed by atoms with Crippen LogP contribution in [0.3, 0.4) is 0 Å². The second-order valence-electron chi connectivity index (χ2n) is 5.91. The average Bonchev–Trinajstić information content (AvgIpc) is 2.67. The highest BCUT2D eigenvalue weighted by Crippen LogP contribution is 2.29. The number of piperidine rings is 1. The Bertz CT molecular complexity index is 788. The van der Waals surface area contributed by atoms with Crippen LogP contribution in [-0.4, -0.2) is 48.6 Å². The first kappa shape index (κ1) is 17.5. The zero-order valence-electron chi connectivity index (χ0n) is 13.9. The summed E-state index contributed by atoms with van der Waals surface area (Å²) in [6.45, 7) is 0.985. The molecule has 1 amide bonds. The molecule has 1 aliphatic rings. The molecule has 0 atom stereocenters. The second kappa shape index (κ2) is 7.70. The average molecular weight is 363 g/mol. The lowest BCUT2D eigenvalue weighted by Crippen LogP contribution is -2.42. The summed E-state index contributed by atoms with van der Waals surface area (Å²) >= 11 is 6.16. The Morgan fingerprint density at radius 1 is 1.28 bits per heavy atom. The molecule has 2 aromatic rings. The number of likely N-dealkylation sites (tertiary alicyclic amines) is 1. The third kappa shape index (κ3) is 3.85. The van der Waals surface area contributed by atoms with Crippen LogP contribution in [0, 0.1) is 5.92 Å². The molecule has 1 fully saturated rings. The number of pyridine rings is 1. The molecule has 0 radical (unpaired) electrons. The fraction of sp³-hybridized carbons (Fsp3) is 0.389. The van der Waals surface area contributed by atoms with E-state index >= 15 is 0 Å². The Labute approximate surface area is 150 Å². The van der Waals surface area contributed by atoms with Crippen molar-refractivity contribution in [2.45, 2.75) is 12.8 Å². The molecule has 132 valence electrons. The van der Waals surface area contributed by atoms with Crippen molar-refractivity contribution in [1.29, 1.82) is 0 Å². The summed E-state index contributed by atoms with van der Waals surface area (Å²) in [6.07, 6.45) is 2.89. The number of methoxy groups -OCH3 is 1. The van der Waals surface area contributed by atoms with E-state index in [-0.39, 0.29) is 24.4 Å². The zero-order valence-corrected chi connectivity index (χ0v) is 14.7. The van der Waals surface area contributed by atoms with Gasteiger partial charge in [-0.3, -0.25) is 14.6 Å². The first-order valence-electron chi connectivity index (χ1n) is 8.12. The summed E-state index contributed by atoms with van der Waals surface area (Å²) in [4.78, 5) is 29.9. The van der Waals surface area contributed by atoms with E-state index in [1.54, 1.807) is 29.3 Å². The molecule has 0 spiro atoms. The van der Waals surface area contributed by atoms with Crippen LogP contribution < -0.4 is 4.74 Å². The predicted octanol–water partition coefficient (Wildman–Crippen LogP) is 2.68. The van der Waals surface area contributed by atoms with Crippen LogP contribution in [0.5, 0.6) is 5.75 Å². The number of halogens is 1. The van der Waals surface area contributed by atoms with Crippen LogP contribution in [0.2, 0.25) is 5.02 Å². The normalized spacial score (nSPS) is 15.2. The highest BCUT2D eigenvalue weighted by Gasteiger charge is 2.28. The molecule has 2 heterocycles. The van der Waals surface area contributed by atoms with Crippen molar-refractivity contribution >= 4 is 34.4 Å². The third-order valence-corrected chi connectivity index (χ3v) is 4.74. The number of aromatic nitrogens is 1. The lowest BCUT2D eigenvalue weighted by Gasteiger charge is -2.30. The number of hydrogen-bond donors (Lipinski definition) is 0. The zero-order chi connectivity index (χ0) is 17.8. The van der Waals surface area contributed by atoms with Gasteiger partial charge in [-0.15, -0.1) is 0 Å². The number of fused-ring (bicyclic) bond motifs is 1. The lowest BCUT2D eigenvalue weighted by atomic mass is 9.97. The fourth-order valence-electron chi connectivity index (χ4n) is 2.99. The van der Waals surface area contributed by atoms with Crippen LogP contribution in [0.15, 0.2) is 30.5 Å². The lowest BCUT2D eigenvalue weighted by molar-refractivity contribution is -0.149. The molecule has 1 aromatic carbocycles. The van der Waals surface area contributed by atoms with Gasteiger partial charge in [-0.05, 0) is 37.1 Å². The topological polar surface area (TPSA) is 68.7 Å². The van der Waals surface area contributed by atoms with Gasteiger partial charge in [-0.1, -0.05) is 11.6 Å². The Balaban J connectivity index is 1.60. The van der Waals surface area contributed by atoms with Crippen molar-refractivity contribution in [2.75, 3.05) is 26.8 Å². The van der Waals surface area contributed by atoms with Gasteiger partial charge >= 0.3 is 5.97 Å². The van der Waals surface area contributed by atoms with Gasteiger partial charge in [0, 0.05) is 24.7 Å². The molecule has 25 heavy (non-hydrogen) atoms. The maximum absolute atomic E-state index is 12.4. The molecule has 1 saturated heterocycles. The third-order valence-electron chi connectivity index (χ3n) is 4.41. The Morgan fingerprint density at radius 2 is 2.04 bits per heavy atom. The quantitative estimate of drug-likeness (QED) is 0.782. The number of carbonyl (C=O) groups excluding carboxylic acids is 2. The van der Waals surface area contributed by atoms with Crippen molar-refractivity contribution in [2.24, 2.45) is 5.92 Å². The van der Waals surface area contributed by atoms with Gasteiger partial charge in [0.15, 0.2) is 6.61 Å². The maximum atomic E-state index is 12.4.